The highest BCUT2D eigenvalue weighted by Gasteiger charge is 2.19. The molecule has 31 heavy (non-hydrogen) atoms. The first-order valence-corrected chi connectivity index (χ1v) is 10.7. The van der Waals surface area contributed by atoms with Gasteiger partial charge in [0.15, 0.2) is 0 Å². The molecule has 0 saturated carbocycles. The molecule has 2 heterocycles. The van der Waals surface area contributed by atoms with Crippen molar-refractivity contribution in [1.29, 1.82) is 0 Å². The highest BCUT2D eigenvalue weighted by molar-refractivity contribution is 7.18. The molecule has 0 amide bonds. The van der Waals surface area contributed by atoms with Crippen LogP contribution in [-0.4, -0.2) is 14.1 Å². The topological polar surface area (TPSA) is 87.1 Å². The first kappa shape index (κ1) is 20.7. The van der Waals surface area contributed by atoms with Crippen molar-refractivity contribution in [2.24, 2.45) is 0 Å². The Kier molecular flexibility index (Phi) is 5.56. The molecule has 0 aliphatic rings. The van der Waals surface area contributed by atoms with E-state index in [1.165, 1.54) is 28.0 Å². The van der Waals surface area contributed by atoms with Crippen molar-refractivity contribution in [3.8, 4) is 0 Å². The van der Waals surface area contributed by atoms with Gasteiger partial charge in [0.05, 0.1) is 16.9 Å². The molecular formula is C23H21N3O4S. The highest BCUT2D eigenvalue weighted by Crippen LogP contribution is 2.27. The Morgan fingerprint density at radius 2 is 1.61 bits per heavy atom. The van der Waals surface area contributed by atoms with Crippen LogP contribution in [0.15, 0.2) is 64.2 Å². The standard InChI is InChI=1S/C23H21N3O4S/c1-15-16(2)31-22-20(15)21(27)24(13-12-17-6-4-3-5-7-17)23(28)25(22)14-18-8-10-19(11-9-18)26(29)30/h3-11H,12-14H2,1-2H3. The number of nitrogens with zero attached hydrogens (tertiary/aromatic N) is 3. The van der Waals surface area contributed by atoms with Crippen LogP contribution < -0.4 is 11.2 Å². The van der Waals surface area contributed by atoms with Crippen LogP contribution in [0, 0.1) is 24.0 Å². The van der Waals surface area contributed by atoms with Gasteiger partial charge in [0.2, 0.25) is 0 Å². The Labute approximate surface area is 182 Å². The third kappa shape index (κ3) is 3.94. The Bertz CT molecular complexity index is 1380. The van der Waals surface area contributed by atoms with Crippen LogP contribution in [0.2, 0.25) is 0 Å². The fourth-order valence-corrected chi connectivity index (χ4v) is 4.77. The first-order chi connectivity index (χ1) is 14.9. The SMILES string of the molecule is Cc1sc2c(c1C)c(=O)n(CCc1ccccc1)c(=O)n2Cc1ccc([N+](=O)[O-])cc1. The lowest BCUT2D eigenvalue weighted by molar-refractivity contribution is -0.384. The molecule has 4 rings (SSSR count). The van der Waals surface area contributed by atoms with Crippen LogP contribution in [0.4, 0.5) is 5.69 Å². The van der Waals surface area contributed by atoms with Gasteiger partial charge in [-0.1, -0.05) is 42.5 Å². The van der Waals surface area contributed by atoms with E-state index in [2.05, 4.69) is 0 Å². The van der Waals surface area contributed by atoms with Gasteiger partial charge in [0.1, 0.15) is 4.83 Å². The second kappa shape index (κ2) is 8.31. The van der Waals surface area contributed by atoms with Crippen molar-refractivity contribution in [3.05, 3.63) is 107 Å². The molecule has 0 atom stereocenters. The molecule has 0 spiro atoms. The number of rotatable bonds is 6. The summed E-state index contributed by atoms with van der Waals surface area (Å²) in [7, 11) is 0. The monoisotopic (exact) mass is 435 g/mol. The molecule has 7 nitrogen and oxygen atoms in total. The van der Waals surface area contributed by atoms with Gasteiger partial charge in [0.25, 0.3) is 11.2 Å². The summed E-state index contributed by atoms with van der Waals surface area (Å²) in [6.07, 6.45) is 0.571. The fraction of sp³-hybridized carbons (Fsp3) is 0.217. The number of benzene rings is 2. The number of nitro benzene ring substituents is 1. The molecule has 4 aromatic rings. The largest absolute Gasteiger partial charge is 0.332 e. The summed E-state index contributed by atoms with van der Waals surface area (Å²) in [4.78, 5) is 38.7. The normalized spacial score (nSPS) is 11.2. The van der Waals surface area contributed by atoms with Crippen LogP contribution in [-0.2, 0) is 19.5 Å². The maximum absolute atomic E-state index is 13.3. The molecule has 0 aliphatic carbocycles. The lowest BCUT2D eigenvalue weighted by atomic mass is 10.1. The van der Waals surface area contributed by atoms with E-state index in [1.54, 1.807) is 16.7 Å². The zero-order chi connectivity index (χ0) is 22.1. The average Bonchev–Trinajstić information content (AvgIpc) is 3.06. The number of hydrogen-bond acceptors (Lipinski definition) is 5. The second-order valence-electron chi connectivity index (χ2n) is 7.45. The minimum Gasteiger partial charge on any atom is -0.280 e. The number of aryl methyl sites for hydroxylation is 3. The van der Waals surface area contributed by atoms with Crippen molar-refractivity contribution in [2.75, 3.05) is 0 Å². The molecule has 0 saturated heterocycles. The molecule has 0 fully saturated rings. The zero-order valence-corrected chi connectivity index (χ0v) is 18.0. The first-order valence-electron chi connectivity index (χ1n) is 9.87. The minimum absolute atomic E-state index is 0.00288. The minimum atomic E-state index is -0.454. The number of fused-ring (bicyclic) bond motifs is 1. The van der Waals surface area contributed by atoms with Gasteiger partial charge in [0, 0.05) is 23.6 Å². The molecule has 0 bridgehead atoms. The highest BCUT2D eigenvalue weighted by atomic mass is 32.1. The smallest absolute Gasteiger partial charge is 0.280 e. The molecule has 0 aliphatic heterocycles. The summed E-state index contributed by atoms with van der Waals surface area (Å²) in [6, 6.07) is 15.9. The van der Waals surface area contributed by atoms with E-state index in [4.69, 9.17) is 0 Å². The van der Waals surface area contributed by atoms with Crippen molar-refractivity contribution >= 4 is 27.2 Å². The van der Waals surface area contributed by atoms with Crippen LogP contribution in [0.1, 0.15) is 21.6 Å². The summed E-state index contributed by atoms with van der Waals surface area (Å²) >= 11 is 1.43. The average molecular weight is 436 g/mol. The van der Waals surface area contributed by atoms with Crippen molar-refractivity contribution in [1.82, 2.24) is 9.13 Å². The van der Waals surface area contributed by atoms with Gasteiger partial charge in [-0.15, -0.1) is 11.3 Å². The van der Waals surface area contributed by atoms with E-state index >= 15 is 0 Å². The van der Waals surface area contributed by atoms with Crippen molar-refractivity contribution in [3.63, 3.8) is 0 Å². The number of nitro groups is 1. The third-order valence-corrected chi connectivity index (χ3v) is 6.72. The lowest BCUT2D eigenvalue weighted by Crippen LogP contribution is -2.40. The number of non-ortho nitro benzene ring substituents is 1. The van der Waals surface area contributed by atoms with E-state index in [1.807, 2.05) is 44.2 Å². The molecule has 8 heteroatoms. The molecular weight excluding hydrogens is 414 g/mol. The summed E-state index contributed by atoms with van der Waals surface area (Å²) in [5.41, 5.74) is 2.05. The van der Waals surface area contributed by atoms with Crippen molar-refractivity contribution in [2.45, 2.75) is 33.4 Å². The van der Waals surface area contributed by atoms with Gasteiger partial charge in [-0.25, -0.2) is 4.79 Å². The van der Waals surface area contributed by atoms with Crippen LogP contribution in [0.5, 0.6) is 0 Å². The maximum Gasteiger partial charge on any atom is 0.332 e. The van der Waals surface area contributed by atoms with Crippen LogP contribution >= 0.6 is 11.3 Å². The Morgan fingerprint density at radius 3 is 2.26 bits per heavy atom. The van der Waals surface area contributed by atoms with Crippen molar-refractivity contribution < 1.29 is 4.92 Å². The molecule has 0 radical (unpaired) electrons. The molecule has 2 aromatic carbocycles. The summed E-state index contributed by atoms with van der Waals surface area (Å²) < 4.78 is 2.91. The van der Waals surface area contributed by atoms with Gasteiger partial charge in [-0.2, -0.15) is 0 Å². The van der Waals surface area contributed by atoms with E-state index in [0.717, 1.165) is 21.6 Å². The van der Waals surface area contributed by atoms with Gasteiger partial charge < -0.3 is 0 Å². The summed E-state index contributed by atoms with van der Waals surface area (Å²) in [5, 5.41) is 11.5. The Balaban J connectivity index is 1.81. The predicted molar refractivity (Wildman–Crippen MR) is 122 cm³/mol. The fourth-order valence-electron chi connectivity index (χ4n) is 3.63. The number of hydrogen-bond donors (Lipinski definition) is 0. The quantitative estimate of drug-likeness (QED) is 0.338. The van der Waals surface area contributed by atoms with Gasteiger partial charge in [-0.05, 0) is 37.0 Å². The molecule has 0 N–H and O–H groups in total. The summed E-state index contributed by atoms with van der Waals surface area (Å²) in [6.45, 7) is 4.36. The number of thiophene rings is 1. The van der Waals surface area contributed by atoms with E-state index in [-0.39, 0.29) is 30.0 Å². The molecule has 0 unspecified atom stereocenters. The van der Waals surface area contributed by atoms with E-state index < -0.39 is 4.92 Å². The number of aromatic nitrogens is 2. The summed E-state index contributed by atoms with van der Waals surface area (Å²) in [5.74, 6) is 0. The maximum atomic E-state index is 13.3. The molecule has 2 aromatic heterocycles. The Morgan fingerprint density at radius 1 is 0.935 bits per heavy atom. The second-order valence-corrected chi connectivity index (χ2v) is 8.65. The van der Waals surface area contributed by atoms with Gasteiger partial charge >= 0.3 is 5.69 Å². The molecule has 158 valence electrons. The van der Waals surface area contributed by atoms with E-state index in [0.29, 0.717) is 16.6 Å². The van der Waals surface area contributed by atoms with Gasteiger partial charge in [-0.3, -0.25) is 24.0 Å². The van der Waals surface area contributed by atoms with Crippen LogP contribution in [0.25, 0.3) is 10.2 Å². The van der Waals surface area contributed by atoms with E-state index in [9.17, 15) is 19.7 Å². The third-order valence-electron chi connectivity index (χ3n) is 5.49. The predicted octanol–water partition coefficient (Wildman–Crippen LogP) is 4.04. The zero-order valence-electron chi connectivity index (χ0n) is 17.2. The van der Waals surface area contributed by atoms with Crippen LogP contribution in [0.3, 0.4) is 0 Å². The lowest BCUT2D eigenvalue weighted by Gasteiger charge is -2.12. The Hall–Kier alpha value is -3.52.